The van der Waals surface area contributed by atoms with Crippen molar-refractivity contribution < 1.29 is 23.1 Å². The molecule has 7 rings (SSSR count). The molecule has 0 saturated carbocycles. The molecule has 2 N–H and O–H groups in total. The number of aryl methyl sites for hydroxylation is 2. The van der Waals surface area contributed by atoms with Crippen LogP contribution in [0.4, 0.5) is 11.6 Å². The van der Waals surface area contributed by atoms with Crippen molar-refractivity contribution >= 4 is 45.1 Å². The predicted octanol–water partition coefficient (Wildman–Crippen LogP) is 7.12. The number of aromatic carboxylic acids is 1. The zero-order valence-electron chi connectivity index (χ0n) is 32.4. The average molecular weight is 780 g/mol. The smallest absolute Gasteiger partial charge is 0.339 e. The summed E-state index contributed by atoms with van der Waals surface area (Å²) < 4.78 is 27.7. The third-order valence-corrected chi connectivity index (χ3v) is 13.3. The van der Waals surface area contributed by atoms with Gasteiger partial charge in [-0.3, -0.25) is 4.79 Å². The van der Waals surface area contributed by atoms with Crippen LogP contribution in [-0.4, -0.2) is 71.5 Å². The van der Waals surface area contributed by atoms with E-state index in [2.05, 4.69) is 66.0 Å². The first-order chi connectivity index (χ1) is 25.5. The van der Waals surface area contributed by atoms with Crippen molar-refractivity contribution in [3.63, 3.8) is 0 Å². The summed E-state index contributed by atoms with van der Waals surface area (Å²) in [6.45, 7) is 16.6. The Labute approximate surface area is 324 Å². The Hall–Kier alpha value is -3.84. The van der Waals surface area contributed by atoms with Crippen molar-refractivity contribution in [3.05, 3.63) is 63.3 Å². The largest absolute Gasteiger partial charge is 0.478 e. The number of nitrogens with one attached hydrogen (secondary N) is 1. The van der Waals surface area contributed by atoms with E-state index in [0.717, 1.165) is 119 Å². The summed E-state index contributed by atoms with van der Waals surface area (Å²) in [5.74, 6) is 0.971. The van der Waals surface area contributed by atoms with Crippen LogP contribution in [0.25, 0.3) is 0 Å². The molecule has 1 amide bonds. The van der Waals surface area contributed by atoms with E-state index in [1.165, 1.54) is 12.4 Å². The highest BCUT2D eigenvalue weighted by Gasteiger charge is 2.35. The molecule has 12 nitrogen and oxygen atoms in total. The maximum absolute atomic E-state index is 13.3. The van der Waals surface area contributed by atoms with Crippen molar-refractivity contribution in [1.29, 1.82) is 0 Å². The Kier molecular flexibility index (Phi) is 11.6. The Balaban J connectivity index is 0.000000197. The van der Waals surface area contributed by atoms with E-state index >= 15 is 0 Å². The fourth-order valence-corrected chi connectivity index (χ4v) is 9.62. The summed E-state index contributed by atoms with van der Waals surface area (Å²) in [4.78, 5) is 46.6. The summed E-state index contributed by atoms with van der Waals surface area (Å²) in [6, 6.07) is 3.71. The summed E-state index contributed by atoms with van der Waals surface area (Å²) in [5.41, 5.74) is 4.82. The Bertz CT molecular complexity index is 2010. The molecule has 5 heterocycles. The normalized spacial score (nSPS) is 19.9. The van der Waals surface area contributed by atoms with Gasteiger partial charge in [0.2, 0.25) is 5.03 Å². The van der Waals surface area contributed by atoms with Gasteiger partial charge in [0.25, 0.3) is 15.9 Å². The van der Waals surface area contributed by atoms with Crippen LogP contribution in [0.2, 0.25) is 5.15 Å². The Morgan fingerprint density at radius 1 is 0.778 bits per heavy atom. The Morgan fingerprint density at radius 3 is 1.69 bits per heavy atom. The number of hydrogen-bond acceptors (Lipinski definition) is 10. The molecule has 0 radical (unpaired) electrons. The number of piperidine rings is 2. The molecule has 3 aromatic heterocycles. The topological polar surface area (TPSA) is 159 Å². The van der Waals surface area contributed by atoms with E-state index in [1.807, 2.05) is 12.1 Å². The van der Waals surface area contributed by atoms with E-state index in [9.17, 15) is 23.1 Å². The fourth-order valence-electron chi connectivity index (χ4n) is 8.28. The fraction of sp³-hybridized carbons (Fsp3) is 0.600. The minimum atomic E-state index is -4.29. The highest BCUT2D eigenvalue weighted by molar-refractivity contribution is 7.90. The highest BCUT2D eigenvalue weighted by atomic mass is 35.5. The number of hydrogen-bond donors (Lipinski definition) is 2. The van der Waals surface area contributed by atoms with Gasteiger partial charge >= 0.3 is 5.97 Å². The number of rotatable bonds is 6. The van der Waals surface area contributed by atoms with E-state index in [4.69, 9.17) is 21.6 Å². The molecular formula is C40H54ClN7O5S. The van der Waals surface area contributed by atoms with Crippen LogP contribution in [0.15, 0.2) is 29.6 Å². The zero-order valence-corrected chi connectivity index (χ0v) is 34.0. The predicted molar refractivity (Wildman–Crippen MR) is 210 cm³/mol. The first kappa shape index (κ1) is 39.8. The first-order valence-corrected chi connectivity index (χ1v) is 21.2. The van der Waals surface area contributed by atoms with Crippen molar-refractivity contribution in [2.24, 2.45) is 11.8 Å². The van der Waals surface area contributed by atoms with Gasteiger partial charge in [0.15, 0.2) is 5.15 Å². The third kappa shape index (κ3) is 8.51. The number of halogens is 1. The number of aromatic nitrogens is 4. The molecule has 0 aromatic carbocycles. The number of amides is 1. The van der Waals surface area contributed by atoms with E-state index in [-0.39, 0.29) is 21.5 Å². The summed E-state index contributed by atoms with van der Waals surface area (Å²) in [6.07, 6.45) is 12.7. The van der Waals surface area contributed by atoms with Gasteiger partial charge in [-0.05, 0) is 99.3 Å². The maximum atomic E-state index is 13.3. The van der Waals surface area contributed by atoms with Crippen LogP contribution >= 0.6 is 11.6 Å². The highest BCUT2D eigenvalue weighted by Crippen LogP contribution is 2.40. The van der Waals surface area contributed by atoms with Crippen molar-refractivity contribution in [1.82, 2.24) is 24.7 Å². The third-order valence-electron chi connectivity index (χ3n) is 11.7. The van der Waals surface area contributed by atoms with E-state index in [1.54, 1.807) is 0 Å². The number of carbonyl (C=O) groups excluding carboxylic acids is 1. The van der Waals surface area contributed by atoms with Crippen LogP contribution < -0.4 is 14.5 Å². The van der Waals surface area contributed by atoms with Gasteiger partial charge in [-0.25, -0.2) is 29.5 Å². The van der Waals surface area contributed by atoms with Gasteiger partial charge < -0.3 is 14.9 Å². The standard InChI is InChI=1S/C22H28ClN5O3S.C18H26N2O2/c1-14-6-11-28(12-7-14)19-16(13-15-5-4-8-22(2,3)17(15)26-19)20(29)27-32(30,31)21-18(23)24-9-10-25-21;1-12-6-9-20(10-7-12)16-14(17(21)22)11-13-5-4-8-18(2,3)15(13)19-16/h9-10,13-14H,4-8,11-12H2,1-3H3,(H,27,29);11-12H,4-10H2,1-3H3,(H,21,22). The number of sulfonamides is 1. The molecule has 14 heteroatoms. The van der Waals surface area contributed by atoms with Gasteiger partial charge in [-0.1, -0.05) is 53.1 Å². The number of carboxylic acid groups (broad SMARTS) is 1. The molecule has 0 atom stereocenters. The molecule has 3 aromatic rings. The number of fused-ring (bicyclic) bond motifs is 2. The van der Waals surface area contributed by atoms with Crippen LogP contribution in [0.5, 0.6) is 0 Å². The van der Waals surface area contributed by atoms with Gasteiger partial charge in [-0.2, -0.15) is 8.42 Å². The van der Waals surface area contributed by atoms with Gasteiger partial charge in [-0.15, -0.1) is 0 Å². The second-order valence-corrected chi connectivity index (χ2v) is 18.9. The molecule has 2 aliphatic carbocycles. The molecule has 2 fully saturated rings. The quantitative estimate of drug-likeness (QED) is 0.262. The van der Waals surface area contributed by atoms with Crippen LogP contribution in [0, 0.1) is 11.8 Å². The van der Waals surface area contributed by atoms with Gasteiger partial charge in [0.1, 0.15) is 17.2 Å². The lowest BCUT2D eigenvalue weighted by molar-refractivity contribution is 0.0696. The molecule has 0 unspecified atom stereocenters. The molecule has 54 heavy (non-hydrogen) atoms. The molecule has 0 bridgehead atoms. The second-order valence-electron chi connectivity index (χ2n) is 16.9. The van der Waals surface area contributed by atoms with E-state index in [0.29, 0.717) is 23.1 Å². The summed E-state index contributed by atoms with van der Waals surface area (Å²) in [5, 5.41) is 8.85. The van der Waals surface area contributed by atoms with Crippen LogP contribution in [0.1, 0.15) is 136 Å². The lowest BCUT2D eigenvalue weighted by atomic mass is 9.75. The molecule has 2 aliphatic heterocycles. The monoisotopic (exact) mass is 779 g/mol. The summed E-state index contributed by atoms with van der Waals surface area (Å²) >= 11 is 5.91. The number of carboxylic acids is 1. The molecule has 0 spiro atoms. The Morgan fingerprint density at radius 2 is 1.22 bits per heavy atom. The molecule has 2 saturated heterocycles. The number of anilines is 2. The summed E-state index contributed by atoms with van der Waals surface area (Å²) in [7, 11) is -4.29. The lowest BCUT2D eigenvalue weighted by Crippen LogP contribution is -2.38. The van der Waals surface area contributed by atoms with Crippen molar-refractivity contribution in [2.75, 3.05) is 36.0 Å². The second kappa shape index (κ2) is 15.7. The average Bonchev–Trinajstić information content (AvgIpc) is 3.11. The number of nitrogens with zero attached hydrogens (tertiary/aromatic N) is 6. The van der Waals surface area contributed by atoms with Crippen molar-refractivity contribution in [3.8, 4) is 0 Å². The minimum Gasteiger partial charge on any atom is -0.478 e. The van der Waals surface area contributed by atoms with Gasteiger partial charge in [0, 0.05) is 49.4 Å². The number of carbonyl (C=O) groups is 2. The zero-order chi connectivity index (χ0) is 39.0. The minimum absolute atomic E-state index is 0.0441. The first-order valence-electron chi connectivity index (χ1n) is 19.3. The molecule has 4 aliphatic rings. The number of pyridine rings is 2. The lowest BCUT2D eigenvalue weighted by Gasteiger charge is -2.36. The van der Waals surface area contributed by atoms with E-state index < -0.39 is 26.9 Å². The maximum Gasteiger partial charge on any atom is 0.339 e. The van der Waals surface area contributed by atoms with Crippen molar-refractivity contribution in [2.45, 2.75) is 122 Å². The van der Waals surface area contributed by atoms with Crippen LogP contribution in [0.3, 0.4) is 0 Å². The molecular weight excluding hydrogens is 726 g/mol. The SMILES string of the molecule is CC1CCN(c2nc3c(cc2C(=O)NS(=O)(=O)c2nccnc2Cl)CCCC3(C)C)CC1.CC1CCN(c2nc3c(cc2C(=O)O)CCCC3(C)C)CC1. The van der Waals surface area contributed by atoms with Crippen LogP contribution in [-0.2, 0) is 33.7 Å². The van der Waals surface area contributed by atoms with Gasteiger partial charge in [0.05, 0.1) is 17.0 Å². The molecule has 292 valence electrons.